The summed E-state index contributed by atoms with van der Waals surface area (Å²) in [5.41, 5.74) is 0.681. The van der Waals surface area contributed by atoms with E-state index in [0.717, 1.165) is 0 Å². The number of halogens is 2. The van der Waals surface area contributed by atoms with E-state index < -0.39 is 10.0 Å². The molecule has 2 aromatic rings. The van der Waals surface area contributed by atoms with Gasteiger partial charge in [-0.3, -0.25) is 4.72 Å². The van der Waals surface area contributed by atoms with E-state index in [9.17, 15) is 8.42 Å². The first-order valence-corrected chi connectivity index (χ1v) is 7.99. The number of rotatable bonds is 4. The predicted octanol–water partition coefficient (Wildman–Crippen LogP) is 2.60. The zero-order valence-corrected chi connectivity index (χ0v) is 12.7. The second-order valence-corrected chi connectivity index (χ2v) is 6.42. The molecule has 0 atom stereocenters. The van der Waals surface area contributed by atoms with Crippen molar-refractivity contribution in [2.75, 3.05) is 4.72 Å². The second-order valence-electron chi connectivity index (χ2n) is 3.98. The number of nitrogens with zero attached hydrogens (tertiary/aromatic N) is 3. The fourth-order valence-electron chi connectivity index (χ4n) is 1.60. The van der Waals surface area contributed by atoms with Crippen LogP contribution in [0.25, 0.3) is 0 Å². The van der Waals surface area contributed by atoms with Gasteiger partial charge in [0.25, 0.3) is 0 Å². The summed E-state index contributed by atoms with van der Waals surface area (Å²) in [5, 5.41) is 8.81. The second kappa shape index (κ2) is 6.26. The van der Waals surface area contributed by atoms with E-state index in [1.807, 2.05) is 6.07 Å². The third kappa shape index (κ3) is 4.29. The Bertz CT molecular complexity index is 798. The molecule has 0 bridgehead atoms. The zero-order chi connectivity index (χ0) is 15.5. The lowest BCUT2D eigenvalue weighted by Gasteiger charge is -2.08. The van der Waals surface area contributed by atoms with Crippen LogP contribution in [0, 0.1) is 11.3 Å². The Kier molecular flexibility index (Phi) is 4.63. The van der Waals surface area contributed by atoms with Crippen molar-refractivity contribution in [3.63, 3.8) is 0 Å². The van der Waals surface area contributed by atoms with Gasteiger partial charge in [-0.25, -0.2) is 13.4 Å². The van der Waals surface area contributed by atoms with E-state index in [1.165, 1.54) is 6.07 Å². The number of hydrogen-bond acceptors (Lipinski definition) is 5. The van der Waals surface area contributed by atoms with E-state index in [0.29, 0.717) is 11.1 Å². The lowest BCUT2D eigenvalue weighted by atomic mass is 10.1. The molecule has 0 saturated carbocycles. The van der Waals surface area contributed by atoms with Crippen molar-refractivity contribution >= 4 is 39.0 Å². The summed E-state index contributed by atoms with van der Waals surface area (Å²) < 4.78 is 26.4. The molecule has 0 aliphatic heterocycles. The summed E-state index contributed by atoms with van der Waals surface area (Å²) in [6, 6.07) is 9.61. The van der Waals surface area contributed by atoms with Crippen LogP contribution >= 0.6 is 23.2 Å². The minimum absolute atomic E-state index is 0.0186. The molecule has 6 nitrogen and oxygen atoms in total. The maximum absolute atomic E-state index is 12.1. The fraction of sp³-hybridized carbons (Fsp3) is 0.0833. The van der Waals surface area contributed by atoms with Crippen molar-refractivity contribution in [2.24, 2.45) is 0 Å². The Hall–Kier alpha value is -1.88. The molecule has 1 heterocycles. The van der Waals surface area contributed by atoms with Crippen molar-refractivity contribution in [3.05, 3.63) is 51.9 Å². The third-order valence-corrected chi connectivity index (χ3v) is 3.98. The smallest absolute Gasteiger partial charge is 0.238 e. The SMILES string of the molecule is N#Cc1ccccc1CS(=O)(=O)Nc1cc(Cl)nc(Cl)n1. The topological polar surface area (TPSA) is 95.7 Å². The monoisotopic (exact) mass is 342 g/mol. The maximum Gasteiger partial charge on any atom is 0.238 e. The highest BCUT2D eigenvalue weighted by molar-refractivity contribution is 7.91. The van der Waals surface area contributed by atoms with Gasteiger partial charge in [-0.2, -0.15) is 10.2 Å². The number of nitrogens with one attached hydrogen (secondary N) is 1. The molecule has 0 spiro atoms. The highest BCUT2D eigenvalue weighted by Crippen LogP contribution is 2.18. The van der Waals surface area contributed by atoms with Gasteiger partial charge in [-0.1, -0.05) is 29.8 Å². The summed E-state index contributed by atoms with van der Waals surface area (Å²) in [7, 11) is -3.76. The Morgan fingerprint density at radius 3 is 2.62 bits per heavy atom. The number of benzene rings is 1. The Labute approximate surface area is 131 Å². The van der Waals surface area contributed by atoms with Crippen LogP contribution < -0.4 is 4.72 Å². The van der Waals surface area contributed by atoms with E-state index in [1.54, 1.807) is 24.3 Å². The molecule has 108 valence electrons. The van der Waals surface area contributed by atoms with Gasteiger partial charge in [0, 0.05) is 6.07 Å². The van der Waals surface area contributed by atoms with Crippen LogP contribution in [0.15, 0.2) is 30.3 Å². The molecule has 1 aromatic heterocycles. The Balaban J connectivity index is 2.25. The maximum atomic E-state index is 12.1. The van der Waals surface area contributed by atoms with Crippen molar-refractivity contribution in [3.8, 4) is 6.07 Å². The van der Waals surface area contributed by atoms with Gasteiger partial charge in [0.2, 0.25) is 15.3 Å². The molecule has 0 saturated heterocycles. The predicted molar refractivity (Wildman–Crippen MR) is 79.5 cm³/mol. The van der Waals surface area contributed by atoms with E-state index in [2.05, 4.69) is 14.7 Å². The normalized spacial score (nSPS) is 10.9. The van der Waals surface area contributed by atoms with E-state index in [-0.39, 0.29) is 22.0 Å². The van der Waals surface area contributed by atoms with Crippen molar-refractivity contribution < 1.29 is 8.42 Å². The summed E-state index contributed by atoms with van der Waals surface area (Å²) in [5.74, 6) is -0.398. The van der Waals surface area contributed by atoms with Crippen LogP contribution in [-0.4, -0.2) is 18.4 Å². The average Bonchev–Trinajstić information content (AvgIpc) is 2.36. The minimum atomic E-state index is -3.76. The van der Waals surface area contributed by atoms with Crippen LogP contribution in [0.2, 0.25) is 10.4 Å². The van der Waals surface area contributed by atoms with Crippen molar-refractivity contribution in [1.29, 1.82) is 5.26 Å². The quantitative estimate of drug-likeness (QED) is 0.680. The lowest BCUT2D eigenvalue weighted by molar-refractivity contribution is 0.600. The molecule has 0 fully saturated rings. The molecule has 1 aromatic carbocycles. The first-order valence-electron chi connectivity index (χ1n) is 5.58. The minimum Gasteiger partial charge on any atom is -0.267 e. The molecule has 0 aliphatic rings. The Morgan fingerprint density at radius 1 is 1.24 bits per heavy atom. The van der Waals surface area contributed by atoms with Crippen molar-refractivity contribution in [2.45, 2.75) is 5.75 Å². The summed E-state index contributed by atoms with van der Waals surface area (Å²) in [4.78, 5) is 7.34. The van der Waals surface area contributed by atoms with E-state index in [4.69, 9.17) is 28.5 Å². The number of hydrogen-bond donors (Lipinski definition) is 1. The summed E-state index contributed by atoms with van der Waals surface area (Å²) >= 11 is 11.3. The number of anilines is 1. The van der Waals surface area contributed by atoms with Crippen molar-refractivity contribution in [1.82, 2.24) is 9.97 Å². The third-order valence-electron chi connectivity index (χ3n) is 2.41. The molecule has 0 radical (unpaired) electrons. The summed E-state index contributed by atoms with van der Waals surface area (Å²) in [6.07, 6.45) is 0. The molecule has 0 unspecified atom stereocenters. The molecule has 9 heteroatoms. The van der Waals surface area contributed by atoms with Crippen LogP contribution in [0.1, 0.15) is 11.1 Å². The molecule has 0 aliphatic carbocycles. The highest BCUT2D eigenvalue weighted by Gasteiger charge is 2.16. The molecule has 1 N–H and O–H groups in total. The van der Waals surface area contributed by atoms with Gasteiger partial charge in [0.1, 0.15) is 11.0 Å². The van der Waals surface area contributed by atoms with E-state index >= 15 is 0 Å². The van der Waals surface area contributed by atoms with Crippen LogP contribution in [-0.2, 0) is 15.8 Å². The standard InChI is InChI=1S/C12H8Cl2N4O2S/c13-10-5-11(17-12(14)16-10)18-21(19,20)7-9-4-2-1-3-8(9)6-15/h1-5H,7H2,(H,16,17,18). The van der Waals surface area contributed by atoms with Gasteiger partial charge in [0.05, 0.1) is 17.4 Å². The van der Waals surface area contributed by atoms with Crippen LogP contribution in [0.3, 0.4) is 0 Å². The first kappa shape index (κ1) is 15.5. The first-order chi connectivity index (χ1) is 9.89. The van der Waals surface area contributed by atoms with Gasteiger partial charge in [-0.05, 0) is 23.2 Å². The van der Waals surface area contributed by atoms with Gasteiger partial charge in [-0.15, -0.1) is 0 Å². The molecule has 2 rings (SSSR count). The van der Waals surface area contributed by atoms with Gasteiger partial charge in [0.15, 0.2) is 0 Å². The Morgan fingerprint density at radius 2 is 1.95 bits per heavy atom. The average molecular weight is 343 g/mol. The lowest BCUT2D eigenvalue weighted by Crippen LogP contribution is -2.16. The number of sulfonamides is 1. The highest BCUT2D eigenvalue weighted by atomic mass is 35.5. The molecular weight excluding hydrogens is 335 g/mol. The zero-order valence-electron chi connectivity index (χ0n) is 10.4. The number of nitriles is 1. The molecule has 0 amide bonds. The molecular formula is C12H8Cl2N4O2S. The van der Waals surface area contributed by atoms with Gasteiger partial charge < -0.3 is 0 Å². The van der Waals surface area contributed by atoms with Crippen LogP contribution in [0.5, 0.6) is 0 Å². The largest absolute Gasteiger partial charge is 0.267 e. The number of aromatic nitrogens is 2. The van der Waals surface area contributed by atoms with Crippen LogP contribution in [0.4, 0.5) is 5.82 Å². The van der Waals surface area contributed by atoms with Gasteiger partial charge >= 0.3 is 0 Å². The fourth-order valence-corrected chi connectivity index (χ4v) is 3.16. The molecule has 21 heavy (non-hydrogen) atoms. The summed E-state index contributed by atoms with van der Waals surface area (Å²) in [6.45, 7) is 0.